The monoisotopic (exact) mass is 275 g/mol. The summed E-state index contributed by atoms with van der Waals surface area (Å²) in [7, 11) is 0. The number of allylic oxidation sites excluding steroid dienone is 1. The van der Waals surface area contributed by atoms with E-state index in [4.69, 9.17) is 4.74 Å². The Labute approximate surface area is 124 Å². The molecule has 2 heteroatoms. The third-order valence-electron chi connectivity index (χ3n) is 3.36. The molecular weight excluding hydrogens is 246 g/mol. The molecule has 2 nitrogen and oxygen atoms in total. The van der Waals surface area contributed by atoms with Crippen LogP contribution in [0.25, 0.3) is 0 Å². The molecule has 1 atom stereocenters. The molecule has 1 aromatic rings. The fourth-order valence-electron chi connectivity index (χ4n) is 2.15. The first-order valence-corrected chi connectivity index (χ1v) is 7.77. The van der Waals surface area contributed by atoms with Crippen LogP contribution in [0.1, 0.15) is 58.1 Å². The molecule has 0 aromatic heterocycles. The van der Waals surface area contributed by atoms with Crippen LogP contribution in [-0.2, 0) is 0 Å². The molecule has 0 spiro atoms. The SMILES string of the molecule is C=C(C)CCC(NCC)c1ccc(OCCCC)cc1. The van der Waals surface area contributed by atoms with Gasteiger partial charge in [0, 0.05) is 6.04 Å². The van der Waals surface area contributed by atoms with Gasteiger partial charge in [-0.2, -0.15) is 0 Å². The van der Waals surface area contributed by atoms with Crippen LogP contribution in [0.4, 0.5) is 0 Å². The number of nitrogens with one attached hydrogen (secondary N) is 1. The predicted octanol–water partition coefficient (Wildman–Crippen LogP) is 4.87. The van der Waals surface area contributed by atoms with Crippen molar-refractivity contribution in [1.82, 2.24) is 5.32 Å². The molecule has 20 heavy (non-hydrogen) atoms. The van der Waals surface area contributed by atoms with Crippen molar-refractivity contribution in [2.45, 2.75) is 52.5 Å². The molecule has 1 rings (SSSR count). The highest BCUT2D eigenvalue weighted by Crippen LogP contribution is 2.23. The minimum absolute atomic E-state index is 0.404. The highest BCUT2D eigenvalue weighted by molar-refractivity contribution is 5.29. The minimum Gasteiger partial charge on any atom is -0.494 e. The second kappa shape index (κ2) is 9.60. The molecule has 0 heterocycles. The van der Waals surface area contributed by atoms with Crippen LogP contribution < -0.4 is 10.1 Å². The normalized spacial score (nSPS) is 12.2. The van der Waals surface area contributed by atoms with E-state index >= 15 is 0 Å². The van der Waals surface area contributed by atoms with Gasteiger partial charge in [0.25, 0.3) is 0 Å². The van der Waals surface area contributed by atoms with Gasteiger partial charge in [-0.05, 0) is 50.4 Å². The van der Waals surface area contributed by atoms with Gasteiger partial charge in [-0.3, -0.25) is 0 Å². The standard InChI is InChI=1S/C18H29NO/c1-5-7-14-20-17-11-9-16(10-12-17)18(19-6-2)13-8-15(3)4/h9-12,18-19H,3,5-8,13-14H2,1-2,4H3. The fraction of sp³-hybridized carbons (Fsp3) is 0.556. The van der Waals surface area contributed by atoms with E-state index in [1.165, 1.54) is 17.6 Å². The molecule has 1 N–H and O–H groups in total. The van der Waals surface area contributed by atoms with E-state index in [-0.39, 0.29) is 0 Å². The first-order chi connectivity index (χ1) is 9.67. The topological polar surface area (TPSA) is 21.3 Å². The Kier molecular flexibility index (Phi) is 8.05. The van der Waals surface area contributed by atoms with Crippen LogP contribution in [0, 0.1) is 0 Å². The molecule has 0 saturated heterocycles. The minimum atomic E-state index is 0.404. The maximum Gasteiger partial charge on any atom is 0.119 e. The molecule has 112 valence electrons. The maximum atomic E-state index is 5.70. The van der Waals surface area contributed by atoms with Crippen LogP contribution in [0.2, 0.25) is 0 Å². The van der Waals surface area contributed by atoms with E-state index in [1.54, 1.807) is 0 Å². The Balaban J connectivity index is 2.59. The smallest absolute Gasteiger partial charge is 0.119 e. The maximum absolute atomic E-state index is 5.70. The molecule has 0 aliphatic heterocycles. The summed E-state index contributed by atoms with van der Waals surface area (Å²) in [5, 5.41) is 3.54. The van der Waals surface area contributed by atoms with Gasteiger partial charge in [0.1, 0.15) is 5.75 Å². The number of hydrogen-bond acceptors (Lipinski definition) is 2. The van der Waals surface area contributed by atoms with E-state index in [9.17, 15) is 0 Å². The van der Waals surface area contributed by atoms with Gasteiger partial charge in [0.2, 0.25) is 0 Å². The fourth-order valence-corrected chi connectivity index (χ4v) is 2.15. The van der Waals surface area contributed by atoms with Gasteiger partial charge in [0.15, 0.2) is 0 Å². The van der Waals surface area contributed by atoms with E-state index in [0.717, 1.165) is 38.2 Å². The Morgan fingerprint density at radius 3 is 2.50 bits per heavy atom. The van der Waals surface area contributed by atoms with E-state index in [1.807, 2.05) is 0 Å². The summed E-state index contributed by atoms with van der Waals surface area (Å²) in [4.78, 5) is 0. The highest BCUT2D eigenvalue weighted by Gasteiger charge is 2.10. The molecule has 0 bridgehead atoms. The third kappa shape index (κ3) is 6.25. The number of hydrogen-bond donors (Lipinski definition) is 1. The summed E-state index contributed by atoms with van der Waals surface area (Å²) >= 11 is 0. The van der Waals surface area contributed by atoms with Crippen molar-refractivity contribution >= 4 is 0 Å². The van der Waals surface area contributed by atoms with Crippen molar-refractivity contribution in [1.29, 1.82) is 0 Å². The van der Waals surface area contributed by atoms with E-state index in [2.05, 4.69) is 56.9 Å². The van der Waals surface area contributed by atoms with E-state index < -0.39 is 0 Å². The highest BCUT2D eigenvalue weighted by atomic mass is 16.5. The largest absolute Gasteiger partial charge is 0.494 e. The van der Waals surface area contributed by atoms with Gasteiger partial charge in [-0.25, -0.2) is 0 Å². The molecule has 0 saturated carbocycles. The molecule has 0 aliphatic carbocycles. The average Bonchev–Trinajstić information content (AvgIpc) is 2.44. The van der Waals surface area contributed by atoms with Crippen LogP contribution in [0.5, 0.6) is 5.75 Å². The van der Waals surface area contributed by atoms with Crippen molar-refractivity contribution in [3.63, 3.8) is 0 Å². The summed E-state index contributed by atoms with van der Waals surface area (Å²) < 4.78 is 5.70. The van der Waals surface area contributed by atoms with Crippen molar-refractivity contribution < 1.29 is 4.74 Å². The number of unbranched alkanes of at least 4 members (excludes halogenated alkanes) is 1. The number of rotatable bonds is 10. The Morgan fingerprint density at radius 2 is 1.95 bits per heavy atom. The van der Waals surface area contributed by atoms with Gasteiger partial charge in [-0.1, -0.05) is 38.0 Å². The second-order valence-electron chi connectivity index (χ2n) is 5.38. The van der Waals surface area contributed by atoms with Crippen LogP contribution in [0.3, 0.4) is 0 Å². The summed E-state index contributed by atoms with van der Waals surface area (Å²) in [5.74, 6) is 0.970. The summed E-state index contributed by atoms with van der Waals surface area (Å²) in [6, 6.07) is 8.91. The quantitative estimate of drug-likeness (QED) is 0.486. The first-order valence-electron chi connectivity index (χ1n) is 7.77. The Hall–Kier alpha value is -1.28. The number of ether oxygens (including phenoxy) is 1. The zero-order valence-electron chi connectivity index (χ0n) is 13.2. The Morgan fingerprint density at radius 1 is 1.25 bits per heavy atom. The molecule has 0 aliphatic rings. The zero-order valence-corrected chi connectivity index (χ0v) is 13.2. The van der Waals surface area contributed by atoms with Crippen molar-refractivity contribution in [2.75, 3.05) is 13.2 Å². The van der Waals surface area contributed by atoms with Gasteiger partial charge >= 0.3 is 0 Å². The summed E-state index contributed by atoms with van der Waals surface area (Å²) in [5.41, 5.74) is 2.57. The molecular formula is C18H29NO. The average molecular weight is 275 g/mol. The molecule has 1 unspecified atom stereocenters. The van der Waals surface area contributed by atoms with Crippen molar-refractivity contribution in [2.24, 2.45) is 0 Å². The van der Waals surface area contributed by atoms with Crippen molar-refractivity contribution in [3.8, 4) is 5.75 Å². The molecule has 0 fully saturated rings. The number of benzene rings is 1. The Bertz CT molecular complexity index is 383. The molecule has 1 aromatic carbocycles. The van der Waals surface area contributed by atoms with Gasteiger partial charge in [0.05, 0.1) is 6.61 Å². The van der Waals surface area contributed by atoms with Gasteiger partial charge < -0.3 is 10.1 Å². The second-order valence-corrected chi connectivity index (χ2v) is 5.38. The van der Waals surface area contributed by atoms with Gasteiger partial charge in [-0.15, -0.1) is 6.58 Å². The van der Waals surface area contributed by atoms with Crippen LogP contribution >= 0.6 is 0 Å². The third-order valence-corrected chi connectivity index (χ3v) is 3.36. The molecule has 0 radical (unpaired) electrons. The van der Waals surface area contributed by atoms with Crippen molar-refractivity contribution in [3.05, 3.63) is 42.0 Å². The first kappa shape index (κ1) is 16.8. The van der Waals surface area contributed by atoms with Crippen LogP contribution in [-0.4, -0.2) is 13.2 Å². The lowest BCUT2D eigenvalue weighted by molar-refractivity contribution is 0.309. The lowest BCUT2D eigenvalue weighted by atomic mass is 10.00. The summed E-state index contributed by atoms with van der Waals surface area (Å²) in [6.07, 6.45) is 4.44. The zero-order chi connectivity index (χ0) is 14.8. The molecule has 0 amide bonds. The summed E-state index contributed by atoms with van der Waals surface area (Å²) in [6.45, 7) is 12.2. The lowest BCUT2D eigenvalue weighted by Crippen LogP contribution is -2.20. The lowest BCUT2D eigenvalue weighted by Gasteiger charge is -2.19. The van der Waals surface area contributed by atoms with E-state index in [0.29, 0.717) is 6.04 Å². The predicted molar refractivity (Wildman–Crippen MR) is 87.3 cm³/mol. The van der Waals surface area contributed by atoms with Crippen LogP contribution in [0.15, 0.2) is 36.4 Å².